The molecule has 3 fully saturated rings. The lowest BCUT2D eigenvalue weighted by atomic mass is 9.62. The summed E-state index contributed by atoms with van der Waals surface area (Å²) in [5, 5.41) is 10.0. The second-order valence-corrected chi connectivity index (χ2v) is 10.3. The number of aliphatic hydroxyl groups excluding tert-OH is 1. The molecule has 6 atom stereocenters. The number of nitrogens with two attached hydrogens (primary N) is 1. The SMILES string of the molecule is C=C/C(N)=C/C/C=C(\C)C1=CC=CCC(C(F)(F)F)=C1.CC.CC1OC(=O)C2CC3C(O)CCCC3CC12. The highest BCUT2D eigenvalue weighted by atomic mass is 19.4. The average molecular weight is 536 g/mol. The van der Waals surface area contributed by atoms with Crippen molar-refractivity contribution in [1.29, 1.82) is 0 Å². The highest BCUT2D eigenvalue weighted by molar-refractivity contribution is 5.75. The number of cyclic esters (lactones) is 1. The first kappa shape index (κ1) is 31.7. The summed E-state index contributed by atoms with van der Waals surface area (Å²) in [6, 6.07) is 0. The number of halogens is 3. The lowest BCUT2D eigenvalue weighted by Crippen LogP contribution is -2.41. The van der Waals surface area contributed by atoms with Crippen LogP contribution in [0.1, 0.15) is 72.6 Å². The summed E-state index contributed by atoms with van der Waals surface area (Å²) < 4.78 is 43.7. The van der Waals surface area contributed by atoms with Gasteiger partial charge in [0.05, 0.1) is 12.0 Å². The Kier molecular flexibility index (Phi) is 12.1. The van der Waals surface area contributed by atoms with Crippen molar-refractivity contribution < 1.29 is 27.8 Å². The van der Waals surface area contributed by atoms with Crippen molar-refractivity contribution >= 4 is 5.97 Å². The van der Waals surface area contributed by atoms with Gasteiger partial charge in [0, 0.05) is 17.2 Å². The number of hydrogen-bond donors (Lipinski definition) is 2. The molecule has 6 unspecified atom stereocenters. The molecule has 0 bridgehead atoms. The molecule has 38 heavy (non-hydrogen) atoms. The van der Waals surface area contributed by atoms with Crippen LogP contribution in [-0.4, -0.2) is 29.5 Å². The van der Waals surface area contributed by atoms with E-state index >= 15 is 0 Å². The number of alkyl halides is 3. The van der Waals surface area contributed by atoms with Gasteiger partial charge in [-0.2, -0.15) is 13.2 Å². The van der Waals surface area contributed by atoms with Crippen LogP contribution < -0.4 is 5.73 Å². The topological polar surface area (TPSA) is 72.5 Å². The summed E-state index contributed by atoms with van der Waals surface area (Å²) in [7, 11) is 0. The molecule has 0 radical (unpaired) electrons. The van der Waals surface area contributed by atoms with Crippen molar-refractivity contribution in [1.82, 2.24) is 0 Å². The van der Waals surface area contributed by atoms with E-state index in [0.717, 1.165) is 31.3 Å². The zero-order valence-electron chi connectivity index (χ0n) is 23.1. The molecule has 2 saturated carbocycles. The summed E-state index contributed by atoms with van der Waals surface area (Å²) >= 11 is 0. The van der Waals surface area contributed by atoms with Gasteiger partial charge in [0.15, 0.2) is 0 Å². The van der Waals surface area contributed by atoms with Gasteiger partial charge in [0.1, 0.15) is 6.10 Å². The zero-order chi connectivity index (χ0) is 28.5. The lowest BCUT2D eigenvalue weighted by molar-refractivity contribution is -0.144. The fraction of sp³-hybridized carbons (Fsp3) is 0.581. The van der Waals surface area contributed by atoms with Crippen LogP contribution in [-0.2, 0) is 9.53 Å². The minimum absolute atomic E-state index is 0.0197. The Bertz CT molecular complexity index is 973. The molecule has 1 heterocycles. The molecule has 3 aliphatic carbocycles. The van der Waals surface area contributed by atoms with Gasteiger partial charge in [-0.05, 0) is 87.5 Å². The number of hydrogen-bond acceptors (Lipinski definition) is 4. The third-order valence-electron chi connectivity index (χ3n) is 7.91. The van der Waals surface area contributed by atoms with Crippen molar-refractivity contribution in [3.63, 3.8) is 0 Å². The van der Waals surface area contributed by atoms with Gasteiger partial charge in [-0.25, -0.2) is 0 Å². The predicted molar refractivity (Wildman–Crippen MR) is 147 cm³/mol. The van der Waals surface area contributed by atoms with Crippen molar-refractivity contribution in [2.75, 3.05) is 0 Å². The minimum atomic E-state index is -4.29. The molecule has 1 aliphatic heterocycles. The Morgan fingerprint density at radius 3 is 2.58 bits per heavy atom. The Morgan fingerprint density at radius 2 is 1.92 bits per heavy atom. The predicted octanol–water partition coefficient (Wildman–Crippen LogP) is 7.49. The molecule has 4 rings (SSSR count). The highest BCUT2D eigenvalue weighted by Crippen LogP contribution is 2.49. The number of rotatable bonds is 4. The molecule has 3 N–H and O–H groups in total. The molecule has 4 nitrogen and oxygen atoms in total. The number of carbonyl (C=O) groups is 1. The quantitative estimate of drug-likeness (QED) is 0.289. The molecule has 4 aliphatic rings. The molecular formula is C31H44F3NO3. The van der Waals surface area contributed by atoms with Crippen LogP contribution in [0, 0.1) is 23.7 Å². The van der Waals surface area contributed by atoms with Crippen LogP contribution in [0.15, 0.2) is 71.5 Å². The minimum Gasteiger partial charge on any atom is -0.462 e. The Hall–Kier alpha value is -2.54. The average Bonchev–Trinajstić information content (AvgIpc) is 3.05. The third-order valence-corrected chi connectivity index (χ3v) is 7.91. The standard InChI is InChI=1S/C16H18F3N.C13H20O3.C2H6/c1-3-15(20)10-6-7-12(2)13-8-4-5-9-14(11-13)16(17,18)19;1-7-9-5-8-3-2-4-12(14)10(8)6-11(9)13(15)16-7;1-2/h3-5,7-8,10-11H,1,6,9,20H2,2H3;7-12,14H,2-6H2,1H3;1-2H3/b12-7+,15-10-;;. The van der Waals surface area contributed by atoms with E-state index in [1.54, 1.807) is 25.2 Å². The summed E-state index contributed by atoms with van der Waals surface area (Å²) in [5.41, 5.74) is 6.93. The van der Waals surface area contributed by atoms with Gasteiger partial charge in [-0.15, -0.1) is 0 Å². The third kappa shape index (κ3) is 8.48. The van der Waals surface area contributed by atoms with E-state index in [1.807, 2.05) is 26.8 Å². The summed E-state index contributed by atoms with van der Waals surface area (Å²) in [6.07, 6.45) is 12.5. The lowest BCUT2D eigenvalue weighted by Gasteiger charge is -2.43. The van der Waals surface area contributed by atoms with E-state index in [9.17, 15) is 23.1 Å². The molecule has 7 heteroatoms. The Balaban J connectivity index is 0.000000254. The number of esters is 1. The summed E-state index contributed by atoms with van der Waals surface area (Å²) in [4.78, 5) is 11.7. The maximum atomic E-state index is 12.8. The van der Waals surface area contributed by atoms with E-state index in [-0.39, 0.29) is 30.5 Å². The van der Waals surface area contributed by atoms with Crippen molar-refractivity contribution in [2.45, 2.75) is 91.0 Å². The van der Waals surface area contributed by atoms with E-state index in [4.69, 9.17) is 10.5 Å². The van der Waals surface area contributed by atoms with Gasteiger partial charge in [0.2, 0.25) is 0 Å². The first-order valence-corrected chi connectivity index (χ1v) is 13.8. The number of allylic oxidation sites excluding steroid dienone is 10. The molecule has 0 aromatic rings. The molecule has 0 amide bonds. The maximum absolute atomic E-state index is 12.8. The maximum Gasteiger partial charge on any atom is 0.413 e. The second kappa shape index (κ2) is 14.6. The van der Waals surface area contributed by atoms with E-state index in [1.165, 1.54) is 24.6 Å². The molecule has 0 spiro atoms. The van der Waals surface area contributed by atoms with Crippen LogP contribution >= 0.6 is 0 Å². The van der Waals surface area contributed by atoms with Crippen LogP contribution in [0.4, 0.5) is 13.2 Å². The first-order chi connectivity index (χ1) is 18.0. The monoisotopic (exact) mass is 535 g/mol. The summed E-state index contributed by atoms with van der Waals surface area (Å²) in [6.45, 7) is 11.3. The smallest absolute Gasteiger partial charge is 0.413 e. The first-order valence-electron chi connectivity index (χ1n) is 13.8. The zero-order valence-corrected chi connectivity index (χ0v) is 23.1. The van der Waals surface area contributed by atoms with E-state index in [0.29, 0.717) is 35.4 Å². The molecular weight excluding hydrogens is 491 g/mol. The number of fused-ring (bicyclic) bond motifs is 2. The van der Waals surface area contributed by atoms with Crippen LogP contribution in [0.5, 0.6) is 0 Å². The number of carbonyl (C=O) groups excluding carboxylic acids is 1. The van der Waals surface area contributed by atoms with Gasteiger partial charge in [-0.3, -0.25) is 4.79 Å². The van der Waals surface area contributed by atoms with Crippen molar-refractivity contribution in [2.24, 2.45) is 29.4 Å². The normalized spacial score (nSPS) is 31.1. The van der Waals surface area contributed by atoms with Crippen molar-refractivity contribution in [3.05, 3.63) is 71.5 Å². The number of aliphatic hydroxyl groups is 1. The van der Waals surface area contributed by atoms with Crippen molar-refractivity contribution in [3.8, 4) is 0 Å². The molecule has 1 saturated heterocycles. The fourth-order valence-electron chi connectivity index (χ4n) is 5.78. The van der Waals surface area contributed by atoms with Crippen LogP contribution in [0.2, 0.25) is 0 Å². The second-order valence-electron chi connectivity index (χ2n) is 10.3. The van der Waals surface area contributed by atoms with Gasteiger partial charge in [0.25, 0.3) is 0 Å². The Labute approximate surface area is 225 Å². The fourth-order valence-corrected chi connectivity index (χ4v) is 5.78. The largest absolute Gasteiger partial charge is 0.462 e. The molecule has 212 valence electrons. The Morgan fingerprint density at radius 1 is 1.21 bits per heavy atom. The van der Waals surface area contributed by atoms with E-state index < -0.39 is 11.7 Å². The van der Waals surface area contributed by atoms with Gasteiger partial charge >= 0.3 is 12.1 Å². The highest BCUT2D eigenvalue weighted by Gasteiger charge is 2.50. The van der Waals surface area contributed by atoms with Crippen LogP contribution in [0.25, 0.3) is 0 Å². The van der Waals surface area contributed by atoms with Crippen LogP contribution in [0.3, 0.4) is 0 Å². The summed E-state index contributed by atoms with van der Waals surface area (Å²) in [5.74, 6) is 1.45. The molecule has 0 aromatic carbocycles. The van der Waals surface area contributed by atoms with Gasteiger partial charge < -0.3 is 15.6 Å². The molecule has 0 aromatic heterocycles. The number of ether oxygens (including phenoxy) is 1. The van der Waals surface area contributed by atoms with Gasteiger partial charge in [-0.1, -0.05) is 57.2 Å². The van der Waals surface area contributed by atoms with E-state index in [2.05, 4.69) is 6.58 Å².